The number of halogens is 1. The molecule has 4 rings (SSSR count). The summed E-state index contributed by atoms with van der Waals surface area (Å²) in [5, 5.41) is 6.67. The Morgan fingerprint density at radius 1 is 1.03 bits per heavy atom. The minimum Gasteiger partial charge on any atom is -0.495 e. The van der Waals surface area contributed by atoms with Gasteiger partial charge in [0.05, 0.1) is 24.4 Å². The number of carbonyl (C=O) groups excluding carboxylic acids is 1. The molecule has 1 aliphatic heterocycles. The maximum absolute atomic E-state index is 13.6. The molecule has 0 radical (unpaired) electrons. The van der Waals surface area contributed by atoms with E-state index in [9.17, 15) is 9.18 Å². The van der Waals surface area contributed by atoms with Crippen molar-refractivity contribution in [2.75, 3.05) is 17.3 Å². The first-order chi connectivity index (χ1) is 15.5. The number of anilines is 2. The second-order valence-corrected chi connectivity index (χ2v) is 7.65. The lowest BCUT2D eigenvalue weighted by Gasteiger charge is -2.38. The van der Waals surface area contributed by atoms with Crippen molar-refractivity contribution in [3.63, 3.8) is 0 Å². The first kappa shape index (κ1) is 21.5. The molecule has 0 saturated heterocycles. The largest absolute Gasteiger partial charge is 0.495 e. The number of nitrogens with one attached hydrogen (secondary N) is 2. The maximum atomic E-state index is 13.6. The van der Waals surface area contributed by atoms with Crippen molar-refractivity contribution < 1.29 is 13.9 Å². The SMILES string of the molecule is COc1ccccc1NC(=O)C1=C(C)N(c2ccccc2)C(=S)NC1c1ccc(F)cc1. The van der Waals surface area contributed by atoms with Crippen LogP contribution in [0.2, 0.25) is 0 Å². The summed E-state index contributed by atoms with van der Waals surface area (Å²) in [6.07, 6.45) is 0. The van der Waals surface area contributed by atoms with Crippen molar-refractivity contribution >= 4 is 34.6 Å². The number of thiocarbonyl (C=S) groups is 1. The minimum atomic E-state index is -0.544. The Balaban J connectivity index is 1.81. The number of benzene rings is 3. The predicted molar refractivity (Wildman–Crippen MR) is 128 cm³/mol. The summed E-state index contributed by atoms with van der Waals surface area (Å²) in [7, 11) is 1.55. The van der Waals surface area contributed by atoms with E-state index < -0.39 is 6.04 Å². The summed E-state index contributed by atoms with van der Waals surface area (Å²) in [6.45, 7) is 1.85. The smallest absolute Gasteiger partial charge is 0.255 e. The van der Waals surface area contributed by atoms with Crippen LogP contribution in [0.4, 0.5) is 15.8 Å². The van der Waals surface area contributed by atoms with Crippen molar-refractivity contribution in [3.8, 4) is 5.75 Å². The van der Waals surface area contributed by atoms with Gasteiger partial charge < -0.3 is 15.4 Å². The highest BCUT2D eigenvalue weighted by molar-refractivity contribution is 7.80. The van der Waals surface area contributed by atoms with Crippen LogP contribution in [0.25, 0.3) is 0 Å². The lowest BCUT2D eigenvalue weighted by Crippen LogP contribution is -2.48. The maximum Gasteiger partial charge on any atom is 0.255 e. The highest BCUT2D eigenvalue weighted by atomic mass is 32.1. The van der Waals surface area contributed by atoms with Gasteiger partial charge in [0.25, 0.3) is 5.91 Å². The molecule has 0 spiro atoms. The van der Waals surface area contributed by atoms with Gasteiger partial charge in [0, 0.05) is 11.4 Å². The number of methoxy groups -OCH3 is 1. The molecule has 1 unspecified atom stereocenters. The molecule has 0 aliphatic carbocycles. The monoisotopic (exact) mass is 447 g/mol. The Bertz CT molecular complexity index is 1180. The molecule has 1 amide bonds. The summed E-state index contributed by atoms with van der Waals surface area (Å²) in [4.78, 5) is 15.4. The fourth-order valence-electron chi connectivity index (χ4n) is 3.77. The van der Waals surface area contributed by atoms with Crippen molar-refractivity contribution in [3.05, 3.63) is 102 Å². The molecule has 1 heterocycles. The molecular weight excluding hydrogens is 425 g/mol. The van der Waals surface area contributed by atoms with Gasteiger partial charge in [-0.15, -0.1) is 0 Å². The van der Waals surface area contributed by atoms with Crippen molar-refractivity contribution in [2.24, 2.45) is 0 Å². The van der Waals surface area contributed by atoms with E-state index in [0.29, 0.717) is 27.8 Å². The normalized spacial score (nSPS) is 15.9. The summed E-state index contributed by atoms with van der Waals surface area (Å²) in [5.41, 5.74) is 3.27. The van der Waals surface area contributed by atoms with Crippen LogP contribution in [0.3, 0.4) is 0 Å². The number of hydrogen-bond donors (Lipinski definition) is 2. The third-order valence-electron chi connectivity index (χ3n) is 5.30. The molecule has 162 valence electrons. The summed E-state index contributed by atoms with van der Waals surface area (Å²) < 4.78 is 18.9. The molecular formula is C25H22FN3O2S. The van der Waals surface area contributed by atoms with Crippen LogP contribution in [0.15, 0.2) is 90.1 Å². The molecule has 2 N–H and O–H groups in total. The number of nitrogens with zero attached hydrogens (tertiary/aromatic N) is 1. The van der Waals surface area contributed by atoms with Gasteiger partial charge in [-0.3, -0.25) is 9.69 Å². The average Bonchev–Trinajstić information content (AvgIpc) is 2.80. The lowest BCUT2D eigenvalue weighted by molar-refractivity contribution is -0.113. The van der Waals surface area contributed by atoms with Crippen LogP contribution in [0.1, 0.15) is 18.5 Å². The molecule has 0 saturated carbocycles. The number of amides is 1. The molecule has 5 nitrogen and oxygen atoms in total. The summed E-state index contributed by atoms with van der Waals surface area (Å²) in [6, 6.07) is 22.3. The zero-order valence-electron chi connectivity index (χ0n) is 17.6. The van der Waals surface area contributed by atoms with Crippen LogP contribution in [-0.4, -0.2) is 18.1 Å². The molecule has 0 fully saturated rings. The Kier molecular flexibility index (Phi) is 6.18. The van der Waals surface area contributed by atoms with Gasteiger partial charge in [-0.25, -0.2) is 4.39 Å². The molecule has 1 aliphatic rings. The predicted octanol–water partition coefficient (Wildman–Crippen LogP) is 5.18. The fraction of sp³-hybridized carbons (Fsp3) is 0.120. The van der Waals surface area contributed by atoms with Crippen LogP contribution in [-0.2, 0) is 4.79 Å². The highest BCUT2D eigenvalue weighted by Gasteiger charge is 2.34. The van der Waals surface area contributed by atoms with Crippen molar-refractivity contribution in [1.82, 2.24) is 5.32 Å². The molecule has 0 bridgehead atoms. The third kappa shape index (κ3) is 4.20. The summed E-state index contributed by atoms with van der Waals surface area (Å²) >= 11 is 5.65. The number of rotatable bonds is 5. The van der Waals surface area contributed by atoms with Gasteiger partial charge in [0.15, 0.2) is 5.11 Å². The Hall–Kier alpha value is -3.71. The zero-order chi connectivity index (χ0) is 22.7. The van der Waals surface area contributed by atoms with Gasteiger partial charge in [-0.1, -0.05) is 42.5 Å². The van der Waals surface area contributed by atoms with E-state index in [1.165, 1.54) is 12.1 Å². The second-order valence-electron chi connectivity index (χ2n) is 7.26. The van der Waals surface area contributed by atoms with E-state index >= 15 is 0 Å². The minimum absolute atomic E-state index is 0.308. The topological polar surface area (TPSA) is 53.6 Å². The number of hydrogen-bond acceptors (Lipinski definition) is 3. The first-order valence-electron chi connectivity index (χ1n) is 10.1. The van der Waals surface area contributed by atoms with Crippen LogP contribution >= 0.6 is 12.2 Å². The highest BCUT2D eigenvalue weighted by Crippen LogP contribution is 2.35. The number of ether oxygens (including phenoxy) is 1. The molecule has 1 atom stereocenters. The van der Waals surface area contributed by atoms with Gasteiger partial charge >= 0.3 is 0 Å². The van der Waals surface area contributed by atoms with Gasteiger partial charge in [0.2, 0.25) is 0 Å². The number of para-hydroxylation sites is 3. The summed E-state index contributed by atoms with van der Waals surface area (Å²) in [5.74, 6) is -0.104. The van der Waals surface area contributed by atoms with E-state index in [4.69, 9.17) is 17.0 Å². The molecule has 32 heavy (non-hydrogen) atoms. The number of allylic oxidation sites excluding steroid dienone is 1. The number of carbonyl (C=O) groups is 1. The molecule has 3 aromatic rings. The van der Waals surface area contributed by atoms with E-state index in [2.05, 4.69) is 10.6 Å². The van der Waals surface area contributed by atoms with Gasteiger partial charge in [0.1, 0.15) is 11.6 Å². The third-order valence-corrected chi connectivity index (χ3v) is 5.60. The van der Waals surface area contributed by atoms with E-state index in [1.54, 1.807) is 31.4 Å². The Morgan fingerprint density at radius 3 is 2.38 bits per heavy atom. The van der Waals surface area contributed by atoms with Crippen molar-refractivity contribution in [1.29, 1.82) is 0 Å². The van der Waals surface area contributed by atoms with E-state index in [1.807, 2.05) is 54.3 Å². The van der Waals surface area contributed by atoms with Gasteiger partial charge in [-0.05, 0) is 61.1 Å². The van der Waals surface area contributed by atoms with E-state index in [-0.39, 0.29) is 11.7 Å². The lowest BCUT2D eigenvalue weighted by atomic mass is 9.94. The first-order valence-corrected chi connectivity index (χ1v) is 10.5. The second kappa shape index (κ2) is 9.20. The molecule has 0 aromatic heterocycles. The molecule has 7 heteroatoms. The zero-order valence-corrected chi connectivity index (χ0v) is 18.4. The fourth-order valence-corrected chi connectivity index (χ4v) is 4.13. The standard InChI is InChI=1S/C25H22FN3O2S/c1-16-22(24(30)27-20-10-6-7-11-21(20)31-2)23(17-12-14-18(26)15-13-17)28-25(32)29(16)19-8-4-3-5-9-19/h3-15,23H,1-2H3,(H,27,30)(H,28,32). The Morgan fingerprint density at radius 2 is 1.69 bits per heavy atom. The average molecular weight is 448 g/mol. The van der Waals surface area contributed by atoms with E-state index in [0.717, 1.165) is 11.3 Å². The van der Waals surface area contributed by atoms with Crippen LogP contribution < -0.4 is 20.3 Å². The quantitative estimate of drug-likeness (QED) is 0.528. The van der Waals surface area contributed by atoms with Crippen LogP contribution in [0.5, 0.6) is 5.75 Å². The van der Waals surface area contributed by atoms with Gasteiger partial charge in [-0.2, -0.15) is 0 Å². The van der Waals surface area contributed by atoms with Crippen molar-refractivity contribution in [2.45, 2.75) is 13.0 Å². The van der Waals surface area contributed by atoms with Crippen LogP contribution in [0, 0.1) is 5.82 Å². The Labute approximate surface area is 191 Å². The molecule has 3 aromatic carbocycles.